The molecule has 0 radical (unpaired) electrons. The predicted octanol–water partition coefficient (Wildman–Crippen LogP) is 4.08. The molecule has 1 atom stereocenters. The van der Waals surface area contributed by atoms with Gasteiger partial charge in [0.15, 0.2) is 0 Å². The van der Waals surface area contributed by atoms with E-state index in [4.69, 9.17) is 0 Å². The third kappa shape index (κ3) is 6.57. The van der Waals surface area contributed by atoms with Crippen molar-refractivity contribution in [1.82, 2.24) is 9.62 Å². The van der Waals surface area contributed by atoms with Gasteiger partial charge in [0.25, 0.3) is 0 Å². The highest BCUT2D eigenvalue weighted by molar-refractivity contribution is 7.90. The van der Waals surface area contributed by atoms with Gasteiger partial charge in [-0.1, -0.05) is 27.7 Å². The molecule has 1 aliphatic rings. The Hall–Kier alpha value is -2.37. The number of amides is 3. The smallest absolute Gasteiger partial charge is 0.332 e. The van der Waals surface area contributed by atoms with Crippen LogP contribution >= 0.6 is 0 Å². The highest BCUT2D eigenvalue weighted by Crippen LogP contribution is 2.33. The van der Waals surface area contributed by atoms with Crippen molar-refractivity contribution in [2.75, 3.05) is 18.4 Å². The van der Waals surface area contributed by atoms with Crippen LogP contribution in [0.5, 0.6) is 0 Å². The molecule has 2 N–H and O–H groups in total. The third-order valence-corrected chi connectivity index (χ3v) is 6.88. The average molecular weight is 482 g/mol. The zero-order chi connectivity index (χ0) is 24.4. The lowest BCUT2D eigenvalue weighted by Crippen LogP contribution is -2.52. The molecule has 1 unspecified atom stereocenters. The van der Waals surface area contributed by atoms with E-state index >= 15 is 0 Å². The van der Waals surface area contributed by atoms with E-state index in [0.29, 0.717) is 16.0 Å². The summed E-state index contributed by atoms with van der Waals surface area (Å²) in [7, 11) is -4.39. The number of alkyl halides is 3. The number of carbonyl (C=O) groups is 2. The first-order valence-corrected chi connectivity index (χ1v) is 11.7. The molecular weight excluding hydrogens is 454 g/mol. The van der Waals surface area contributed by atoms with Crippen molar-refractivity contribution in [2.45, 2.75) is 63.8 Å². The zero-order valence-electron chi connectivity index (χ0n) is 18.2. The average Bonchev–Trinajstić information content (AvgIpc) is 2.62. The highest BCUT2D eigenvalue weighted by atomic mass is 32.2. The van der Waals surface area contributed by atoms with Crippen molar-refractivity contribution in [1.29, 1.82) is 0 Å². The van der Waals surface area contributed by atoms with Crippen LogP contribution in [-0.4, -0.2) is 49.8 Å². The fourth-order valence-corrected chi connectivity index (χ4v) is 4.84. The Kier molecular flexibility index (Phi) is 7.79. The molecule has 0 saturated carbocycles. The van der Waals surface area contributed by atoms with Crippen molar-refractivity contribution >= 4 is 27.6 Å². The Balaban J connectivity index is 2.22. The summed E-state index contributed by atoms with van der Waals surface area (Å²) < 4.78 is 79.2. The first kappa shape index (κ1) is 25.9. The first-order valence-electron chi connectivity index (χ1n) is 10.1. The van der Waals surface area contributed by atoms with Crippen LogP contribution < -0.4 is 10.0 Å². The lowest BCUT2D eigenvalue weighted by Gasteiger charge is -2.32. The maximum Gasteiger partial charge on any atom is 0.406 e. The number of nitrogens with one attached hydrogen (secondary N) is 2. The molecule has 1 aromatic rings. The molecule has 0 aromatic heterocycles. The van der Waals surface area contributed by atoms with E-state index in [9.17, 15) is 35.6 Å². The van der Waals surface area contributed by atoms with Gasteiger partial charge in [-0.05, 0) is 41.5 Å². The van der Waals surface area contributed by atoms with Crippen LogP contribution in [0.1, 0.15) is 63.5 Å². The predicted molar refractivity (Wildman–Crippen MR) is 111 cm³/mol. The molecule has 0 bridgehead atoms. The number of halogens is 4. The summed E-state index contributed by atoms with van der Waals surface area (Å²) in [4.78, 5) is 24.7. The Labute approximate surface area is 184 Å². The van der Waals surface area contributed by atoms with Gasteiger partial charge < -0.3 is 10.2 Å². The summed E-state index contributed by atoms with van der Waals surface area (Å²) in [6.07, 6.45) is -5.26. The maximum absolute atomic E-state index is 14.0. The van der Waals surface area contributed by atoms with Crippen LogP contribution in [0.25, 0.3) is 0 Å². The van der Waals surface area contributed by atoms with Gasteiger partial charge in [-0.3, -0.25) is 4.79 Å². The van der Waals surface area contributed by atoms with Gasteiger partial charge in [0.2, 0.25) is 15.9 Å². The van der Waals surface area contributed by atoms with E-state index in [1.165, 1.54) is 12.1 Å². The van der Waals surface area contributed by atoms with Gasteiger partial charge in [0.1, 0.15) is 12.4 Å². The minimum atomic E-state index is -4.67. The molecule has 1 heterocycles. The van der Waals surface area contributed by atoms with E-state index < -0.39 is 52.3 Å². The van der Waals surface area contributed by atoms with Crippen LogP contribution in [0.3, 0.4) is 0 Å². The molecule has 0 spiro atoms. The maximum atomic E-state index is 14.0. The zero-order valence-corrected chi connectivity index (χ0v) is 19.0. The molecule has 1 aliphatic heterocycles. The third-order valence-electron chi connectivity index (χ3n) is 5.15. The highest BCUT2D eigenvalue weighted by Gasteiger charge is 2.40. The fraction of sp³-hybridized carbons (Fsp3) is 0.600. The van der Waals surface area contributed by atoms with Crippen molar-refractivity contribution < 1.29 is 35.6 Å². The number of benzene rings is 1. The summed E-state index contributed by atoms with van der Waals surface area (Å²) in [6.45, 7) is 4.90. The van der Waals surface area contributed by atoms with E-state index in [-0.39, 0.29) is 30.4 Å². The lowest BCUT2D eigenvalue weighted by atomic mass is 9.92. The summed E-state index contributed by atoms with van der Waals surface area (Å²) >= 11 is 0. The molecule has 2 rings (SSSR count). The lowest BCUT2D eigenvalue weighted by molar-refractivity contribution is -0.163. The normalized spacial score (nSPS) is 17.8. The van der Waals surface area contributed by atoms with Crippen molar-refractivity contribution in [3.63, 3.8) is 0 Å². The van der Waals surface area contributed by atoms with E-state index in [1.807, 2.05) is 4.72 Å². The summed E-state index contributed by atoms with van der Waals surface area (Å²) in [5.74, 6) is -1.66. The van der Waals surface area contributed by atoms with Crippen LogP contribution in [0.4, 0.5) is 28.0 Å². The van der Waals surface area contributed by atoms with Gasteiger partial charge in [0, 0.05) is 18.7 Å². The number of hydrogen-bond donors (Lipinski definition) is 2. The Bertz CT molecular complexity index is 949. The SMILES string of the molecule is CC(C)c1cc(F)cc(C(C)C)c1NC(=O)NS(=O)(=O)C1CCC(=O)N(CC(F)(F)F)C1. The number of sulfonamides is 1. The molecule has 7 nitrogen and oxygen atoms in total. The molecule has 32 heavy (non-hydrogen) atoms. The molecule has 1 aromatic carbocycles. The number of likely N-dealkylation sites (tertiary alicyclic amines) is 1. The van der Waals surface area contributed by atoms with Gasteiger partial charge >= 0.3 is 12.2 Å². The van der Waals surface area contributed by atoms with Crippen molar-refractivity contribution in [3.05, 3.63) is 29.1 Å². The van der Waals surface area contributed by atoms with Crippen LogP contribution in [0, 0.1) is 5.82 Å². The standard InChI is InChI=1S/C20H27F4N3O4S/c1-11(2)15-7-13(21)8-16(12(3)4)18(15)25-19(29)26-32(30,31)14-5-6-17(28)27(9-14)10-20(22,23)24/h7-8,11-12,14H,5-6,9-10H2,1-4H3,(H2,25,26,29). The number of hydrogen-bond acceptors (Lipinski definition) is 4. The van der Waals surface area contributed by atoms with Crippen molar-refractivity contribution in [2.24, 2.45) is 0 Å². The minimum absolute atomic E-state index is 0.185. The topological polar surface area (TPSA) is 95.6 Å². The Morgan fingerprint density at radius 1 is 1.16 bits per heavy atom. The van der Waals surface area contributed by atoms with E-state index in [0.717, 1.165) is 0 Å². The number of carbonyl (C=O) groups excluding carboxylic acids is 2. The van der Waals surface area contributed by atoms with Gasteiger partial charge in [-0.2, -0.15) is 13.2 Å². The second-order valence-corrected chi connectivity index (χ2v) is 10.4. The molecule has 180 valence electrons. The minimum Gasteiger partial charge on any atom is -0.332 e. The molecule has 1 fully saturated rings. The number of piperidine rings is 1. The van der Waals surface area contributed by atoms with Gasteiger partial charge in [-0.15, -0.1) is 0 Å². The summed E-state index contributed by atoms with van der Waals surface area (Å²) in [5.41, 5.74) is 1.23. The van der Waals surface area contributed by atoms with Crippen LogP contribution in [-0.2, 0) is 14.8 Å². The second kappa shape index (κ2) is 9.63. The Morgan fingerprint density at radius 2 is 1.69 bits per heavy atom. The van der Waals surface area contributed by atoms with Crippen LogP contribution in [0.2, 0.25) is 0 Å². The van der Waals surface area contributed by atoms with E-state index in [2.05, 4.69) is 5.32 Å². The first-order chi connectivity index (χ1) is 14.6. The molecular formula is C20H27F4N3O4S. The molecule has 3 amide bonds. The molecule has 1 saturated heterocycles. The Morgan fingerprint density at radius 3 is 2.16 bits per heavy atom. The van der Waals surface area contributed by atoms with Gasteiger partial charge in [0.05, 0.1) is 5.25 Å². The number of rotatable bonds is 6. The number of nitrogens with zero attached hydrogens (tertiary/aromatic N) is 1. The van der Waals surface area contributed by atoms with Crippen molar-refractivity contribution in [3.8, 4) is 0 Å². The largest absolute Gasteiger partial charge is 0.406 e. The fourth-order valence-electron chi connectivity index (χ4n) is 3.56. The summed E-state index contributed by atoms with van der Waals surface area (Å²) in [6, 6.07) is 1.39. The second-order valence-electron chi connectivity index (χ2n) is 8.42. The summed E-state index contributed by atoms with van der Waals surface area (Å²) in [5, 5.41) is 1.09. The number of urea groups is 1. The molecule has 0 aliphatic carbocycles. The number of anilines is 1. The monoisotopic (exact) mass is 481 g/mol. The molecule has 12 heteroatoms. The van der Waals surface area contributed by atoms with E-state index in [1.54, 1.807) is 27.7 Å². The van der Waals surface area contributed by atoms with Crippen LogP contribution in [0.15, 0.2) is 12.1 Å². The van der Waals surface area contributed by atoms with Gasteiger partial charge in [-0.25, -0.2) is 22.3 Å². The quantitative estimate of drug-likeness (QED) is 0.599.